The van der Waals surface area contributed by atoms with Crippen LogP contribution in [-0.4, -0.2) is 30.3 Å². The van der Waals surface area contributed by atoms with Gasteiger partial charge >= 0.3 is 0 Å². The van der Waals surface area contributed by atoms with Crippen molar-refractivity contribution in [3.05, 3.63) is 30.2 Å². The fourth-order valence-corrected chi connectivity index (χ4v) is 2.62. The summed E-state index contributed by atoms with van der Waals surface area (Å²) in [7, 11) is 1.65. The van der Waals surface area contributed by atoms with Crippen LogP contribution in [0.2, 0.25) is 0 Å². The number of nitrogens with one attached hydrogen (secondary N) is 1. The number of rotatable bonds is 4. The summed E-state index contributed by atoms with van der Waals surface area (Å²) in [5.74, 6) is 2.66. The maximum atomic E-state index is 5.38. The van der Waals surface area contributed by atoms with Crippen LogP contribution in [0.1, 0.15) is 18.7 Å². The molecule has 3 rings (SSSR count). The number of methoxy groups -OCH3 is 1. The molecule has 20 heavy (non-hydrogen) atoms. The van der Waals surface area contributed by atoms with Gasteiger partial charge in [0.25, 0.3) is 0 Å². The highest BCUT2D eigenvalue weighted by Gasteiger charge is 2.18. The molecule has 0 saturated carbocycles. The van der Waals surface area contributed by atoms with E-state index in [1.54, 1.807) is 7.11 Å². The molecule has 0 aliphatic carbocycles. The maximum absolute atomic E-state index is 5.38. The lowest BCUT2D eigenvalue weighted by atomic mass is 9.96. The van der Waals surface area contributed by atoms with Crippen molar-refractivity contribution in [2.24, 2.45) is 5.92 Å². The quantitative estimate of drug-likeness (QED) is 0.926. The standard InChI is InChI=1S/C15H19N3O2/c1-19-13-7-3-2-6-12(13)15-17-14(20-18-15)9-11-5-4-8-16-10-11/h2-3,6-7,11,16H,4-5,8-10H2,1H3. The highest BCUT2D eigenvalue weighted by atomic mass is 16.5. The van der Waals surface area contributed by atoms with E-state index >= 15 is 0 Å². The third kappa shape index (κ3) is 2.82. The lowest BCUT2D eigenvalue weighted by molar-refractivity contribution is 0.316. The highest BCUT2D eigenvalue weighted by molar-refractivity contribution is 5.63. The van der Waals surface area contributed by atoms with Crippen molar-refractivity contribution in [3.63, 3.8) is 0 Å². The molecule has 1 fully saturated rings. The molecule has 1 atom stereocenters. The van der Waals surface area contributed by atoms with Gasteiger partial charge in [-0.05, 0) is 44.0 Å². The van der Waals surface area contributed by atoms with Crippen molar-refractivity contribution in [2.45, 2.75) is 19.3 Å². The van der Waals surface area contributed by atoms with Gasteiger partial charge < -0.3 is 14.6 Å². The summed E-state index contributed by atoms with van der Waals surface area (Å²) in [5.41, 5.74) is 0.867. The van der Waals surface area contributed by atoms with Gasteiger partial charge in [-0.3, -0.25) is 0 Å². The second kappa shape index (κ2) is 6.05. The molecule has 1 unspecified atom stereocenters. The van der Waals surface area contributed by atoms with E-state index in [2.05, 4.69) is 15.5 Å². The molecule has 5 heteroatoms. The van der Waals surface area contributed by atoms with E-state index < -0.39 is 0 Å². The number of benzene rings is 1. The predicted molar refractivity (Wildman–Crippen MR) is 75.6 cm³/mol. The van der Waals surface area contributed by atoms with Crippen LogP contribution in [0.25, 0.3) is 11.4 Å². The Morgan fingerprint density at radius 2 is 2.30 bits per heavy atom. The van der Waals surface area contributed by atoms with Gasteiger partial charge in [-0.15, -0.1) is 0 Å². The van der Waals surface area contributed by atoms with E-state index in [-0.39, 0.29) is 0 Å². The number of piperidine rings is 1. The topological polar surface area (TPSA) is 60.2 Å². The second-order valence-corrected chi connectivity index (χ2v) is 5.13. The van der Waals surface area contributed by atoms with Crippen LogP contribution in [0, 0.1) is 5.92 Å². The molecular formula is C15H19N3O2. The number of nitrogens with zero attached hydrogens (tertiary/aromatic N) is 2. The summed E-state index contributed by atoms with van der Waals surface area (Å²) < 4.78 is 10.7. The summed E-state index contributed by atoms with van der Waals surface area (Å²) in [5, 5.41) is 7.48. The molecule has 0 amide bonds. The lowest BCUT2D eigenvalue weighted by Gasteiger charge is -2.20. The van der Waals surface area contributed by atoms with Crippen LogP contribution in [0.3, 0.4) is 0 Å². The fraction of sp³-hybridized carbons (Fsp3) is 0.467. The normalized spacial score (nSPS) is 18.9. The number of hydrogen-bond acceptors (Lipinski definition) is 5. The number of ether oxygens (including phenoxy) is 1. The number of aromatic nitrogens is 2. The molecule has 106 valence electrons. The molecule has 1 aromatic heterocycles. The van der Waals surface area contributed by atoms with Crippen molar-refractivity contribution in [2.75, 3.05) is 20.2 Å². The van der Waals surface area contributed by atoms with Crippen molar-refractivity contribution in [1.82, 2.24) is 15.5 Å². The molecule has 2 aromatic rings. The minimum absolute atomic E-state index is 0.592. The zero-order chi connectivity index (χ0) is 13.8. The van der Waals surface area contributed by atoms with Crippen LogP contribution in [0.5, 0.6) is 5.75 Å². The van der Waals surface area contributed by atoms with Crippen LogP contribution < -0.4 is 10.1 Å². The molecule has 1 aliphatic heterocycles. The molecule has 1 aromatic carbocycles. The van der Waals surface area contributed by atoms with E-state index in [0.717, 1.165) is 30.8 Å². The van der Waals surface area contributed by atoms with Crippen molar-refractivity contribution in [3.8, 4) is 17.1 Å². The molecule has 0 spiro atoms. The van der Waals surface area contributed by atoms with E-state index in [1.165, 1.54) is 12.8 Å². The first-order chi connectivity index (χ1) is 9.86. The molecule has 1 aliphatic rings. The Bertz CT molecular complexity index is 562. The summed E-state index contributed by atoms with van der Waals surface area (Å²) in [6, 6.07) is 7.71. The van der Waals surface area contributed by atoms with Gasteiger partial charge in [0.2, 0.25) is 11.7 Å². The Labute approximate surface area is 118 Å². The average molecular weight is 273 g/mol. The Morgan fingerprint density at radius 3 is 3.10 bits per heavy atom. The van der Waals surface area contributed by atoms with Crippen LogP contribution >= 0.6 is 0 Å². The Kier molecular flexibility index (Phi) is 3.97. The van der Waals surface area contributed by atoms with Crippen molar-refractivity contribution in [1.29, 1.82) is 0 Å². The molecule has 5 nitrogen and oxygen atoms in total. The zero-order valence-corrected chi connectivity index (χ0v) is 11.6. The summed E-state index contributed by atoms with van der Waals surface area (Å²) >= 11 is 0. The predicted octanol–water partition coefficient (Wildman–Crippen LogP) is 2.29. The van der Waals surface area contributed by atoms with Crippen LogP contribution in [-0.2, 0) is 6.42 Å². The average Bonchev–Trinajstić information content (AvgIpc) is 2.96. The highest BCUT2D eigenvalue weighted by Crippen LogP contribution is 2.27. The van der Waals surface area contributed by atoms with Crippen LogP contribution in [0.15, 0.2) is 28.8 Å². The Hall–Kier alpha value is -1.88. The third-order valence-electron chi connectivity index (χ3n) is 3.68. The van der Waals surface area contributed by atoms with Gasteiger partial charge in [0.1, 0.15) is 5.75 Å². The summed E-state index contributed by atoms with van der Waals surface area (Å²) in [4.78, 5) is 4.50. The van der Waals surface area contributed by atoms with Gasteiger partial charge in [0.15, 0.2) is 0 Å². The molecule has 2 heterocycles. The largest absolute Gasteiger partial charge is 0.496 e. The Balaban J connectivity index is 1.75. The minimum atomic E-state index is 0.592. The second-order valence-electron chi connectivity index (χ2n) is 5.13. The van der Waals surface area contributed by atoms with E-state index in [9.17, 15) is 0 Å². The zero-order valence-electron chi connectivity index (χ0n) is 11.6. The smallest absolute Gasteiger partial charge is 0.227 e. The SMILES string of the molecule is COc1ccccc1-c1noc(CC2CCCNC2)n1. The first-order valence-electron chi connectivity index (χ1n) is 7.03. The first-order valence-corrected chi connectivity index (χ1v) is 7.03. The fourth-order valence-electron chi connectivity index (χ4n) is 2.62. The maximum Gasteiger partial charge on any atom is 0.227 e. The number of hydrogen-bond donors (Lipinski definition) is 1. The number of para-hydroxylation sites is 1. The molecule has 0 radical (unpaired) electrons. The van der Waals surface area contributed by atoms with Crippen molar-refractivity contribution < 1.29 is 9.26 Å². The van der Waals surface area contributed by atoms with Gasteiger partial charge in [-0.2, -0.15) is 4.98 Å². The third-order valence-corrected chi connectivity index (χ3v) is 3.68. The molecule has 0 bridgehead atoms. The van der Waals surface area contributed by atoms with E-state index in [1.807, 2.05) is 24.3 Å². The van der Waals surface area contributed by atoms with E-state index in [0.29, 0.717) is 17.6 Å². The molecule has 1 saturated heterocycles. The molecule has 1 N–H and O–H groups in total. The summed E-state index contributed by atoms with van der Waals surface area (Å²) in [6.07, 6.45) is 3.28. The van der Waals surface area contributed by atoms with Crippen molar-refractivity contribution >= 4 is 0 Å². The van der Waals surface area contributed by atoms with E-state index in [4.69, 9.17) is 9.26 Å². The van der Waals surface area contributed by atoms with Gasteiger partial charge in [0, 0.05) is 6.42 Å². The van der Waals surface area contributed by atoms with Crippen LogP contribution in [0.4, 0.5) is 0 Å². The minimum Gasteiger partial charge on any atom is -0.496 e. The molecular weight excluding hydrogens is 254 g/mol. The Morgan fingerprint density at radius 1 is 1.40 bits per heavy atom. The monoisotopic (exact) mass is 273 g/mol. The first kappa shape index (κ1) is 13.1. The van der Waals surface area contributed by atoms with Gasteiger partial charge in [0.05, 0.1) is 12.7 Å². The van der Waals surface area contributed by atoms with Gasteiger partial charge in [-0.25, -0.2) is 0 Å². The lowest BCUT2D eigenvalue weighted by Crippen LogP contribution is -2.30. The summed E-state index contributed by atoms with van der Waals surface area (Å²) in [6.45, 7) is 2.15. The van der Waals surface area contributed by atoms with Gasteiger partial charge in [-0.1, -0.05) is 17.3 Å².